The van der Waals surface area contributed by atoms with Gasteiger partial charge in [-0.05, 0) is 43.3 Å². The van der Waals surface area contributed by atoms with Crippen molar-refractivity contribution in [3.05, 3.63) is 48.2 Å². The Labute approximate surface area is 152 Å². The summed E-state index contributed by atoms with van der Waals surface area (Å²) < 4.78 is 44.8. The lowest BCUT2D eigenvalue weighted by atomic mass is 10.1. The highest BCUT2D eigenvalue weighted by atomic mass is 19.4. The van der Waals surface area contributed by atoms with Crippen molar-refractivity contribution in [3.8, 4) is 17.0 Å². The van der Waals surface area contributed by atoms with E-state index >= 15 is 0 Å². The van der Waals surface area contributed by atoms with Crippen LogP contribution in [-0.4, -0.2) is 28.8 Å². The van der Waals surface area contributed by atoms with Crippen LogP contribution in [0.3, 0.4) is 0 Å². The molecule has 1 amide bonds. The molecule has 27 heavy (non-hydrogen) atoms. The van der Waals surface area contributed by atoms with Crippen LogP contribution >= 0.6 is 0 Å². The zero-order chi connectivity index (χ0) is 19.4. The predicted molar refractivity (Wildman–Crippen MR) is 89.4 cm³/mol. The number of benzene rings is 1. The molecule has 2 N–H and O–H groups in total. The van der Waals surface area contributed by atoms with Crippen molar-refractivity contribution >= 4 is 11.7 Å². The largest absolute Gasteiger partial charge is 0.493 e. The third kappa shape index (κ3) is 4.34. The summed E-state index contributed by atoms with van der Waals surface area (Å²) in [6.07, 6.45) is -1.72. The average Bonchev–Trinajstić information content (AvgIpc) is 3.17. The van der Waals surface area contributed by atoms with Crippen LogP contribution in [0.2, 0.25) is 0 Å². The smallest absolute Gasteiger partial charge is 0.419 e. The van der Waals surface area contributed by atoms with Gasteiger partial charge in [-0.3, -0.25) is 4.79 Å². The summed E-state index contributed by atoms with van der Waals surface area (Å²) in [4.78, 5) is 16.6. The Morgan fingerprint density at radius 2 is 2.11 bits per heavy atom. The van der Waals surface area contributed by atoms with Crippen LogP contribution in [-0.2, 0) is 15.8 Å². The van der Waals surface area contributed by atoms with E-state index in [1.54, 1.807) is 6.92 Å². The van der Waals surface area contributed by atoms with E-state index in [0.717, 1.165) is 6.07 Å². The molecule has 1 unspecified atom stereocenters. The Kier molecular flexibility index (Phi) is 5.26. The monoisotopic (exact) mass is 380 g/mol. The zero-order valence-corrected chi connectivity index (χ0v) is 14.1. The maximum atomic E-state index is 13.2. The number of carbonyl (C=O) groups excluding carboxylic acids is 1. The van der Waals surface area contributed by atoms with E-state index in [4.69, 9.17) is 9.57 Å². The lowest BCUT2D eigenvalue weighted by Gasteiger charge is -2.14. The second-order valence-electron chi connectivity index (χ2n) is 5.48. The van der Waals surface area contributed by atoms with Gasteiger partial charge in [0.05, 0.1) is 17.9 Å². The third-order valence-electron chi connectivity index (χ3n) is 3.61. The third-order valence-corrected chi connectivity index (χ3v) is 3.61. The molecule has 1 aliphatic rings. The Morgan fingerprint density at radius 1 is 1.30 bits per heavy atom. The molecule has 0 aliphatic carbocycles. The number of rotatable bonds is 5. The number of nitrogens with zero attached hydrogens (tertiary/aromatic N) is 2. The van der Waals surface area contributed by atoms with Gasteiger partial charge in [0.1, 0.15) is 18.1 Å². The summed E-state index contributed by atoms with van der Waals surface area (Å²) >= 11 is 0. The number of anilines is 1. The zero-order valence-electron chi connectivity index (χ0n) is 14.1. The number of alkyl halides is 3. The van der Waals surface area contributed by atoms with Gasteiger partial charge in [-0.25, -0.2) is 0 Å². The van der Waals surface area contributed by atoms with Crippen molar-refractivity contribution in [2.45, 2.75) is 19.1 Å². The van der Waals surface area contributed by atoms with Gasteiger partial charge in [0.15, 0.2) is 5.82 Å². The van der Waals surface area contributed by atoms with Gasteiger partial charge in [-0.15, -0.1) is 15.7 Å². The molecule has 0 bridgehead atoms. The van der Waals surface area contributed by atoms with E-state index in [-0.39, 0.29) is 29.4 Å². The first kappa shape index (κ1) is 18.6. The van der Waals surface area contributed by atoms with Gasteiger partial charge in [-0.2, -0.15) is 13.2 Å². The SMILES string of the molecule is CCOc1ccc(-c2ccc(NC(=O)C3C=CON3)nn2)cc1C(F)(F)F. The lowest BCUT2D eigenvalue weighted by molar-refractivity contribution is -0.138. The molecule has 10 heteroatoms. The Morgan fingerprint density at radius 3 is 2.70 bits per heavy atom. The lowest BCUT2D eigenvalue weighted by Crippen LogP contribution is -2.35. The minimum Gasteiger partial charge on any atom is -0.493 e. The number of hydroxylamine groups is 1. The van der Waals surface area contributed by atoms with E-state index in [2.05, 4.69) is 21.0 Å². The number of nitrogens with one attached hydrogen (secondary N) is 2. The molecule has 0 fully saturated rings. The summed E-state index contributed by atoms with van der Waals surface area (Å²) in [5.41, 5.74) is 2.02. The molecule has 0 radical (unpaired) electrons. The fourth-order valence-corrected chi connectivity index (χ4v) is 2.36. The van der Waals surface area contributed by atoms with Crippen LogP contribution in [0, 0.1) is 0 Å². The molecule has 0 saturated heterocycles. The Bertz CT molecular complexity index is 853. The molecule has 3 rings (SSSR count). The van der Waals surface area contributed by atoms with Gasteiger partial charge in [-0.1, -0.05) is 0 Å². The minimum atomic E-state index is -4.56. The first-order chi connectivity index (χ1) is 12.9. The first-order valence-corrected chi connectivity index (χ1v) is 7.95. The molecule has 0 spiro atoms. The molecule has 1 aromatic heterocycles. The molecule has 7 nitrogen and oxygen atoms in total. The normalized spacial score (nSPS) is 16.1. The van der Waals surface area contributed by atoms with Crippen LogP contribution < -0.4 is 15.5 Å². The Hall–Kier alpha value is -3.14. The summed E-state index contributed by atoms with van der Waals surface area (Å²) in [5, 5.41) is 10.2. The molecule has 0 saturated carbocycles. The van der Waals surface area contributed by atoms with Crippen LogP contribution in [0.25, 0.3) is 11.3 Å². The summed E-state index contributed by atoms with van der Waals surface area (Å²) in [7, 11) is 0. The predicted octanol–water partition coefficient (Wildman–Crippen LogP) is 2.92. The van der Waals surface area contributed by atoms with Gasteiger partial charge in [0.25, 0.3) is 0 Å². The summed E-state index contributed by atoms with van der Waals surface area (Å²) in [6, 6.07) is 5.92. The van der Waals surface area contributed by atoms with E-state index in [1.165, 1.54) is 36.6 Å². The maximum Gasteiger partial charge on any atom is 0.419 e. The van der Waals surface area contributed by atoms with Crippen molar-refractivity contribution in [1.29, 1.82) is 0 Å². The molecule has 1 aromatic carbocycles. The highest BCUT2D eigenvalue weighted by molar-refractivity contribution is 5.95. The van der Waals surface area contributed by atoms with Crippen LogP contribution in [0.15, 0.2) is 42.7 Å². The number of aromatic nitrogens is 2. The number of ether oxygens (including phenoxy) is 1. The molecular formula is C17H15F3N4O3. The highest BCUT2D eigenvalue weighted by Crippen LogP contribution is 2.38. The van der Waals surface area contributed by atoms with E-state index in [1.807, 2.05) is 0 Å². The van der Waals surface area contributed by atoms with E-state index in [0.29, 0.717) is 0 Å². The van der Waals surface area contributed by atoms with Crippen LogP contribution in [0.4, 0.5) is 19.0 Å². The molecular weight excluding hydrogens is 365 g/mol. The first-order valence-electron chi connectivity index (χ1n) is 7.95. The molecule has 142 valence electrons. The second-order valence-corrected chi connectivity index (χ2v) is 5.48. The fraction of sp³-hybridized carbons (Fsp3) is 0.235. The van der Waals surface area contributed by atoms with E-state index < -0.39 is 23.7 Å². The second kappa shape index (κ2) is 7.62. The molecule has 2 heterocycles. The molecule has 1 atom stereocenters. The fourth-order valence-electron chi connectivity index (χ4n) is 2.36. The topological polar surface area (TPSA) is 85.4 Å². The average molecular weight is 380 g/mol. The number of halogens is 3. The minimum absolute atomic E-state index is 0.118. The van der Waals surface area contributed by atoms with Crippen LogP contribution in [0.1, 0.15) is 12.5 Å². The summed E-state index contributed by atoms with van der Waals surface area (Å²) in [6.45, 7) is 1.72. The van der Waals surface area contributed by atoms with Crippen molar-refractivity contribution in [1.82, 2.24) is 15.7 Å². The highest BCUT2D eigenvalue weighted by Gasteiger charge is 2.34. The van der Waals surface area contributed by atoms with Gasteiger partial charge >= 0.3 is 6.18 Å². The standard InChI is InChI=1S/C17H15F3N4O3/c1-2-26-14-5-3-10(9-11(14)17(18,19)20)12-4-6-15(23-22-12)21-16(25)13-7-8-27-24-13/h3-9,13,24H,2H2,1H3,(H,21,23,25). The number of hydrogen-bond acceptors (Lipinski definition) is 6. The van der Waals surface area contributed by atoms with Crippen molar-refractivity contribution in [3.63, 3.8) is 0 Å². The van der Waals surface area contributed by atoms with E-state index in [9.17, 15) is 18.0 Å². The quantitative estimate of drug-likeness (QED) is 0.830. The van der Waals surface area contributed by atoms with Gasteiger partial charge in [0.2, 0.25) is 5.91 Å². The summed E-state index contributed by atoms with van der Waals surface area (Å²) in [5.74, 6) is -0.496. The van der Waals surface area contributed by atoms with Gasteiger partial charge in [0, 0.05) is 5.56 Å². The maximum absolute atomic E-state index is 13.2. The van der Waals surface area contributed by atoms with Crippen molar-refractivity contribution in [2.75, 3.05) is 11.9 Å². The molecule has 1 aliphatic heterocycles. The van der Waals surface area contributed by atoms with Crippen molar-refractivity contribution in [2.24, 2.45) is 0 Å². The van der Waals surface area contributed by atoms with Crippen molar-refractivity contribution < 1.29 is 27.5 Å². The number of hydrogen-bond donors (Lipinski definition) is 2. The molecule has 2 aromatic rings. The number of carbonyl (C=O) groups is 1. The van der Waals surface area contributed by atoms with Gasteiger partial charge < -0.3 is 14.9 Å². The number of amides is 1. The van der Waals surface area contributed by atoms with Crippen LogP contribution in [0.5, 0.6) is 5.75 Å². The Balaban J connectivity index is 1.80.